The van der Waals surface area contributed by atoms with E-state index in [1.807, 2.05) is 0 Å². The molecule has 1 aliphatic rings. The van der Waals surface area contributed by atoms with E-state index in [-0.39, 0.29) is 26.2 Å². The molecule has 0 heterocycles. The van der Waals surface area contributed by atoms with E-state index < -0.39 is 41.1 Å². The van der Waals surface area contributed by atoms with E-state index in [9.17, 15) is 19.5 Å². The molecule has 0 radical (unpaired) electrons. The van der Waals surface area contributed by atoms with Crippen LogP contribution in [0.1, 0.15) is 38.7 Å². The minimum atomic E-state index is -1.71. The topological polar surface area (TPSA) is 108 Å². The van der Waals surface area contributed by atoms with Gasteiger partial charge in [0.25, 0.3) is 0 Å². The lowest BCUT2D eigenvalue weighted by atomic mass is 9.61. The highest BCUT2D eigenvalue weighted by atomic mass is 16.5. The van der Waals surface area contributed by atoms with E-state index in [0.717, 1.165) is 0 Å². The smallest absolute Gasteiger partial charge is 0.317 e. The molecule has 1 aromatic rings. The van der Waals surface area contributed by atoms with Crippen LogP contribution in [0.5, 0.6) is 11.5 Å². The second-order valence-electron chi connectivity index (χ2n) is 7.50. The number of ether oxygens (including phenoxy) is 4. The van der Waals surface area contributed by atoms with Crippen LogP contribution in [0.2, 0.25) is 0 Å². The van der Waals surface area contributed by atoms with Gasteiger partial charge in [-0.2, -0.15) is 0 Å². The average Bonchev–Trinajstić information content (AvgIpc) is 2.71. The Morgan fingerprint density at radius 1 is 1.19 bits per heavy atom. The normalized spacial score (nSPS) is 25.5. The SMILES string of the molecule is C=CCOc1ccc([C@@H]2[C@H](C(=O)OCC)C(=O)C[C@](C)(O)[C@H]2C(=O)OCC)cc1OC. The molecule has 1 saturated carbocycles. The molecule has 170 valence electrons. The van der Waals surface area contributed by atoms with Crippen LogP contribution in [-0.2, 0) is 23.9 Å². The summed E-state index contributed by atoms with van der Waals surface area (Å²) >= 11 is 0. The van der Waals surface area contributed by atoms with Gasteiger partial charge in [-0.1, -0.05) is 18.7 Å². The van der Waals surface area contributed by atoms with Gasteiger partial charge in [-0.25, -0.2) is 0 Å². The van der Waals surface area contributed by atoms with Crippen LogP contribution in [0.25, 0.3) is 0 Å². The molecule has 0 amide bonds. The van der Waals surface area contributed by atoms with Gasteiger partial charge in [0, 0.05) is 12.3 Å². The van der Waals surface area contributed by atoms with E-state index in [1.54, 1.807) is 38.1 Å². The first-order valence-corrected chi connectivity index (χ1v) is 10.2. The lowest BCUT2D eigenvalue weighted by molar-refractivity contribution is -0.172. The molecule has 0 unspecified atom stereocenters. The second-order valence-corrected chi connectivity index (χ2v) is 7.50. The Labute approximate surface area is 182 Å². The monoisotopic (exact) mass is 434 g/mol. The quantitative estimate of drug-likeness (QED) is 0.359. The first-order valence-electron chi connectivity index (χ1n) is 10.2. The number of methoxy groups -OCH3 is 1. The molecular weight excluding hydrogens is 404 g/mol. The Morgan fingerprint density at radius 2 is 1.84 bits per heavy atom. The number of Topliss-reactive ketones (excluding diaryl/α,β-unsaturated/α-hetero) is 1. The summed E-state index contributed by atoms with van der Waals surface area (Å²) in [6, 6.07) is 4.85. The van der Waals surface area contributed by atoms with Gasteiger partial charge in [-0.15, -0.1) is 0 Å². The van der Waals surface area contributed by atoms with Gasteiger partial charge in [0.15, 0.2) is 17.3 Å². The zero-order valence-electron chi connectivity index (χ0n) is 18.4. The summed E-state index contributed by atoms with van der Waals surface area (Å²) in [7, 11) is 1.45. The van der Waals surface area contributed by atoms with E-state index in [2.05, 4.69) is 6.58 Å². The number of esters is 2. The third-order valence-corrected chi connectivity index (χ3v) is 5.28. The number of rotatable bonds is 9. The van der Waals surface area contributed by atoms with Crippen molar-refractivity contribution in [3.05, 3.63) is 36.4 Å². The van der Waals surface area contributed by atoms with Crippen molar-refractivity contribution in [2.45, 2.75) is 38.7 Å². The molecule has 1 aliphatic carbocycles. The third kappa shape index (κ3) is 5.25. The van der Waals surface area contributed by atoms with Crippen LogP contribution in [0, 0.1) is 11.8 Å². The van der Waals surface area contributed by atoms with Crippen molar-refractivity contribution >= 4 is 17.7 Å². The van der Waals surface area contributed by atoms with Crippen molar-refractivity contribution in [3.8, 4) is 11.5 Å². The lowest BCUT2D eigenvalue weighted by Gasteiger charge is -2.43. The minimum Gasteiger partial charge on any atom is -0.493 e. The maximum atomic E-state index is 12.9. The average molecular weight is 434 g/mol. The van der Waals surface area contributed by atoms with Crippen LogP contribution in [0.15, 0.2) is 30.9 Å². The summed E-state index contributed by atoms with van der Waals surface area (Å²) in [6.07, 6.45) is 1.21. The van der Waals surface area contributed by atoms with Crippen molar-refractivity contribution in [2.24, 2.45) is 11.8 Å². The van der Waals surface area contributed by atoms with Crippen LogP contribution in [0.4, 0.5) is 0 Å². The van der Waals surface area contributed by atoms with Crippen LogP contribution >= 0.6 is 0 Å². The highest BCUT2D eigenvalue weighted by molar-refractivity contribution is 6.02. The fourth-order valence-corrected chi connectivity index (χ4v) is 4.04. The number of hydrogen-bond donors (Lipinski definition) is 1. The predicted molar refractivity (Wildman–Crippen MR) is 112 cm³/mol. The van der Waals surface area contributed by atoms with Crippen molar-refractivity contribution < 1.29 is 38.4 Å². The van der Waals surface area contributed by atoms with Crippen LogP contribution in [0.3, 0.4) is 0 Å². The van der Waals surface area contributed by atoms with Crippen LogP contribution in [-0.4, -0.2) is 55.4 Å². The molecule has 0 saturated heterocycles. The van der Waals surface area contributed by atoms with Gasteiger partial charge in [0.2, 0.25) is 0 Å². The Hall–Kier alpha value is -2.87. The molecule has 0 aromatic heterocycles. The Kier molecular flexibility index (Phi) is 8.21. The Morgan fingerprint density at radius 3 is 2.42 bits per heavy atom. The molecular formula is C23H30O8. The molecule has 4 atom stereocenters. The fraction of sp³-hybridized carbons (Fsp3) is 0.522. The summed E-state index contributed by atoms with van der Waals surface area (Å²) < 4.78 is 21.3. The van der Waals surface area contributed by atoms with Gasteiger partial charge in [-0.05, 0) is 38.5 Å². The van der Waals surface area contributed by atoms with E-state index >= 15 is 0 Å². The second kappa shape index (κ2) is 10.4. The first-order chi connectivity index (χ1) is 14.7. The van der Waals surface area contributed by atoms with Gasteiger partial charge >= 0.3 is 11.9 Å². The third-order valence-electron chi connectivity index (χ3n) is 5.28. The number of aliphatic hydroxyl groups is 1. The van der Waals surface area contributed by atoms with Gasteiger partial charge in [0.05, 0.1) is 31.8 Å². The fourth-order valence-electron chi connectivity index (χ4n) is 4.04. The van der Waals surface area contributed by atoms with Crippen molar-refractivity contribution in [1.82, 2.24) is 0 Å². The van der Waals surface area contributed by atoms with E-state index in [0.29, 0.717) is 17.1 Å². The molecule has 0 spiro atoms. The molecule has 1 fully saturated rings. The molecule has 1 aromatic carbocycles. The number of hydrogen-bond acceptors (Lipinski definition) is 8. The molecule has 31 heavy (non-hydrogen) atoms. The number of benzene rings is 1. The molecule has 2 rings (SSSR count). The van der Waals surface area contributed by atoms with Gasteiger partial charge in [-0.3, -0.25) is 14.4 Å². The lowest BCUT2D eigenvalue weighted by Crippen LogP contribution is -2.55. The molecule has 8 heteroatoms. The molecule has 1 N–H and O–H groups in total. The first kappa shape index (κ1) is 24.4. The van der Waals surface area contributed by atoms with Gasteiger partial charge in [0.1, 0.15) is 12.5 Å². The van der Waals surface area contributed by atoms with Crippen molar-refractivity contribution in [1.29, 1.82) is 0 Å². The van der Waals surface area contributed by atoms with Gasteiger partial charge < -0.3 is 24.1 Å². The highest BCUT2D eigenvalue weighted by Crippen LogP contribution is 2.48. The standard InChI is InChI=1S/C23H30O8/c1-6-11-31-16-10-9-14(12-17(16)28-5)18-19(21(25)29-7-2)15(24)13-23(4,27)20(18)22(26)30-8-3/h6,9-10,12,18-20,27H,1,7-8,11,13H2,2-5H3/t18-,19-,20-,23+/m1/s1. The Bertz CT molecular complexity index is 829. The zero-order valence-corrected chi connectivity index (χ0v) is 18.4. The predicted octanol–water partition coefficient (Wildman–Crippen LogP) is 2.43. The summed E-state index contributed by atoms with van der Waals surface area (Å²) in [4.78, 5) is 38.5. The summed E-state index contributed by atoms with van der Waals surface area (Å²) in [5.74, 6) is -4.58. The minimum absolute atomic E-state index is 0.0768. The van der Waals surface area contributed by atoms with Crippen molar-refractivity contribution in [2.75, 3.05) is 26.9 Å². The Balaban J connectivity index is 2.65. The zero-order chi connectivity index (χ0) is 23.2. The highest BCUT2D eigenvalue weighted by Gasteiger charge is 2.57. The molecule has 0 aliphatic heterocycles. The maximum absolute atomic E-state index is 12.9. The summed E-state index contributed by atoms with van der Waals surface area (Å²) in [6.45, 7) is 8.71. The molecule has 0 bridgehead atoms. The van der Waals surface area contributed by atoms with Crippen molar-refractivity contribution in [3.63, 3.8) is 0 Å². The number of carbonyl (C=O) groups excluding carboxylic acids is 3. The largest absolute Gasteiger partial charge is 0.493 e. The summed E-state index contributed by atoms with van der Waals surface area (Å²) in [5.41, 5.74) is -1.25. The van der Waals surface area contributed by atoms with Crippen LogP contribution < -0.4 is 9.47 Å². The maximum Gasteiger partial charge on any atom is 0.317 e. The van der Waals surface area contributed by atoms with E-state index in [4.69, 9.17) is 18.9 Å². The summed E-state index contributed by atoms with van der Waals surface area (Å²) in [5, 5.41) is 11.0. The van der Waals surface area contributed by atoms with E-state index in [1.165, 1.54) is 14.0 Å². The molecule has 8 nitrogen and oxygen atoms in total. The number of carbonyl (C=O) groups is 3. The number of ketones is 1.